The number of benzene rings is 1. The van der Waals surface area contributed by atoms with E-state index in [9.17, 15) is 14.7 Å². The fourth-order valence-electron chi connectivity index (χ4n) is 3.26. The quantitative estimate of drug-likeness (QED) is 0.656. The summed E-state index contributed by atoms with van der Waals surface area (Å²) in [4.78, 5) is 27.0. The van der Waals surface area contributed by atoms with Crippen molar-refractivity contribution >= 4 is 11.7 Å². The Kier molecular flexibility index (Phi) is 7.42. The van der Waals surface area contributed by atoms with Gasteiger partial charge in [0.1, 0.15) is 12.4 Å². The van der Waals surface area contributed by atoms with E-state index in [1.165, 1.54) is 0 Å². The first kappa shape index (κ1) is 21.0. The van der Waals surface area contributed by atoms with Crippen molar-refractivity contribution in [2.75, 3.05) is 19.8 Å². The van der Waals surface area contributed by atoms with Crippen molar-refractivity contribution in [3.8, 4) is 5.75 Å². The molecule has 1 aliphatic rings. The molecule has 0 spiro atoms. The Morgan fingerprint density at radius 1 is 1.33 bits per heavy atom. The zero-order valence-electron chi connectivity index (χ0n) is 16.3. The van der Waals surface area contributed by atoms with Gasteiger partial charge in [-0.15, -0.1) is 0 Å². The van der Waals surface area contributed by atoms with E-state index in [0.29, 0.717) is 17.9 Å². The first-order chi connectivity index (χ1) is 12.9. The summed E-state index contributed by atoms with van der Waals surface area (Å²) in [7, 11) is 0. The molecule has 27 heavy (non-hydrogen) atoms. The minimum Gasteiger partial charge on any atom is -0.503 e. The van der Waals surface area contributed by atoms with E-state index in [4.69, 9.17) is 9.84 Å². The molecule has 1 aliphatic heterocycles. The van der Waals surface area contributed by atoms with Crippen LogP contribution >= 0.6 is 0 Å². The summed E-state index contributed by atoms with van der Waals surface area (Å²) in [5.41, 5.74) is 0.884. The number of aliphatic hydroxyl groups excluding tert-OH is 2. The Morgan fingerprint density at radius 3 is 2.70 bits per heavy atom. The van der Waals surface area contributed by atoms with Gasteiger partial charge in [-0.3, -0.25) is 9.59 Å². The van der Waals surface area contributed by atoms with Crippen LogP contribution in [0.1, 0.15) is 51.6 Å². The third kappa shape index (κ3) is 4.89. The molecule has 1 unspecified atom stereocenters. The Labute approximate surface area is 160 Å². The van der Waals surface area contributed by atoms with Gasteiger partial charge in [0, 0.05) is 13.0 Å². The van der Waals surface area contributed by atoms with Crippen LogP contribution in [0.5, 0.6) is 5.75 Å². The average molecular weight is 375 g/mol. The number of Topliss-reactive ketones (excluding diaryl/α,β-unsaturated/α-hetero) is 1. The SMILES string of the molecule is CCCCN1C(=O)C(O)=C(C(=O)CC(C)C)C1c1cccc(OCCO)c1. The summed E-state index contributed by atoms with van der Waals surface area (Å²) in [5, 5.41) is 19.4. The highest BCUT2D eigenvalue weighted by atomic mass is 16.5. The highest BCUT2D eigenvalue weighted by Gasteiger charge is 2.43. The van der Waals surface area contributed by atoms with Crippen LogP contribution in [0.2, 0.25) is 0 Å². The zero-order valence-corrected chi connectivity index (χ0v) is 16.3. The van der Waals surface area contributed by atoms with Crippen LogP contribution in [-0.4, -0.2) is 46.6 Å². The van der Waals surface area contributed by atoms with Gasteiger partial charge in [0.05, 0.1) is 18.2 Å². The smallest absolute Gasteiger partial charge is 0.290 e. The largest absolute Gasteiger partial charge is 0.503 e. The number of amides is 1. The lowest BCUT2D eigenvalue weighted by molar-refractivity contribution is -0.129. The van der Waals surface area contributed by atoms with Gasteiger partial charge in [0.2, 0.25) is 0 Å². The molecule has 1 amide bonds. The number of nitrogens with zero attached hydrogens (tertiary/aromatic N) is 1. The van der Waals surface area contributed by atoms with Gasteiger partial charge in [-0.2, -0.15) is 0 Å². The first-order valence-electron chi connectivity index (χ1n) is 9.51. The average Bonchev–Trinajstić information content (AvgIpc) is 2.89. The standard InChI is InChI=1S/C21H29NO5/c1-4-5-9-22-19(15-7-6-8-16(13-15)27-11-10-23)18(20(25)21(22)26)17(24)12-14(2)3/h6-8,13-14,19,23,25H,4-5,9-12H2,1-3H3. The van der Waals surface area contributed by atoms with Crippen LogP contribution in [-0.2, 0) is 9.59 Å². The molecule has 0 bridgehead atoms. The van der Waals surface area contributed by atoms with Crippen LogP contribution in [0.3, 0.4) is 0 Å². The van der Waals surface area contributed by atoms with E-state index in [1.807, 2.05) is 26.8 Å². The maximum Gasteiger partial charge on any atom is 0.290 e. The van der Waals surface area contributed by atoms with Gasteiger partial charge >= 0.3 is 0 Å². The van der Waals surface area contributed by atoms with Crippen LogP contribution in [0, 0.1) is 5.92 Å². The van der Waals surface area contributed by atoms with Crippen LogP contribution in [0.25, 0.3) is 0 Å². The number of hydrogen-bond acceptors (Lipinski definition) is 5. The summed E-state index contributed by atoms with van der Waals surface area (Å²) in [6.07, 6.45) is 1.94. The van der Waals surface area contributed by atoms with Crippen molar-refractivity contribution in [1.29, 1.82) is 0 Å². The summed E-state index contributed by atoms with van der Waals surface area (Å²) in [6.45, 7) is 6.40. The van der Waals surface area contributed by atoms with Crippen LogP contribution < -0.4 is 4.74 Å². The molecule has 1 aromatic rings. The van der Waals surface area contributed by atoms with E-state index in [-0.39, 0.29) is 36.9 Å². The van der Waals surface area contributed by atoms with Crippen molar-refractivity contribution in [1.82, 2.24) is 4.90 Å². The molecule has 1 aromatic carbocycles. The minimum atomic E-state index is -0.618. The number of carbonyl (C=O) groups is 2. The Hall–Kier alpha value is -2.34. The number of rotatable bonds is 10. The third-order valence-corrected chi connectivity index (χ3v) is 4.48. The summed E-state index contributed by atoms with van der Waals surface area (Å²) in [5.74, 6) is -0.476. The van der Waals surface area contributed by atoms with Gasteiger partial charge < -0.3 is 19.8 Å². The Balaban J connectivity index is 2.44. The number of aliphatic hydroxyl groups is 2. The highest BCUT2D eigenvalue weighted by Crippen LogP contribution is 2.39. The lowest BCUT2D eigenvalue weighted by Crippen LogP contribution is -2.32. The third-order valence-electron chi connectivity index (χ3n) is 4.48. The molecule has 6 nitrogen and oxygen atoms in total. The van der Waals surface area contributed by atoms with Crippen LogP contribution in [0.4, 0.5) is 0 Å². The normalized spacial score (nSPS) is 17.1. The molecule has 6 heteroatoms. The van der Waals surface area contributed by atoms with Crippen molar-refractivity contribution in [3.63, 3.8) is 0 Å². The molecule has 2 rings (SSSR count). The molecule has 2 N–H and O–H groups in total. The fourth-order valence-corrected chi connectivity index (χ4v) is 3.26. The topological polar surface area (TPSA) is 87.1 Å². The molecule has 148 valence electrons. The van der Waals surface area contributed by atoms with Crippen molar-refractivity contribution in [3.05, 3.63) is 41.2 Å². The molecule has 0 aromatic heterocycles. The second-order valence-electron chi connectivity index (χ2n) is 7.18. The van der Waals surface area contributed by atoms with Crippen molar-refractivity contribution in [2.24, 2.45) is 5.92 Å². The lowest BCUT2D eigenvalue weighted by Gasteiger charge is -2.27. The minimum absolute atomic E-state index is 0.104. The number of hydrogen-bond donors (Lipinski definition) is 2. The van der Waals surface area contributed by atoms with E-state index in [1.54, 1.807) is 23.1 Å². The number of ether oxygens (including phenoxy) is 1. The summed E-state index contributed by atoms with van der Waals surface area (Å²) >= 11 is 0. The van der Waals surface area contributed by atoms with Gasteiger partial charge in [0.25, 0.3) is 5.91 Å². The van der Waals surface area contributed by atoms with Crippen molar-refractivity contribution in [2.45, 2.75) is 46.1 Å². The monoisotopic (exact) mass is 375 g/mol. The van der Waals surface area contributed by atoms with Gasteiger partial charge in [-0.25, -0.2) is 0 Å². The summed E-state index contributed by atoms with van der Waals surface area (Å²) < 4.78 is 5.47. The van der Waals surface area contributed by atoms with Gasteiger partial charge in [-0.05, 0) is 30.0 Å². The molecule has 0 radical (unpaired) electrons. The molecule has 1 heterocycles. The molecular weight excluding hydrogens is 346 g/mol. The van der Waals surface area contributed by atoms with Gasteiger partial charge in [-0.1, -0.05) is 39.3 Å². The molecule has 1 atom stereocenters. The molecule has 0 saturated heterocycles. The second-order valence-corrected chi connectivity index (χ2v) is 7.18. The van der Waals surface area contributed by atoms with E-state index in [0.717, 1.165) is 12.8 Å². The highest BCUT2D eigenvalue weighted by molar-refractivity contribution is 6.09. The maximum atomic E-state index is 12.8. The number of unbranched alkanes of at least 4 members (excludes halogenated alkanes) is 1. The molecule has 0 fully saturated rings. The van der Waals surface area contributed by atoms with Crippen molar-refractivity contribution < 1.29 is 24.5 Å². The zero-order chi connectivity index (χ0) is 20.0. The van der Waals surface area contributed by atoms with E-state index >= 15 is 0 Å². The fraction of sp³-hybridized carbons (Fsp3) is 0.524. The second kappa shape index (κ2) is 9.55. The van der Waals surface area contributed by atoms with Gasteiger partial charge in [0.15, 0.2) is 11.5 Å². The summed E-state index contributed by atoms with van der Waals surface area (Å²) in [6, 6.07) is 6.50. The predicted octanol–water partition coefficient (Wildman–Crippen LogP) is 3.17. The predicted molar refractivity (Wildman–Crippen MR) is 103 cm³/mol. The van der Waals surface area contributed by atoms with E-state index < -0.39 is 17.7 Å². The lowest BCUT2D eigenvalue weighted by atomic mass is 9.92. The maximum absolute atomic E-state index is 12.8. The number of ketones is 1. The molecule has 0 aliphatic carbocycles. The first-order valence-corrected chi connectivity index (χ1v) is 9.51. The van der Waals surface area contributed by atoms with Crippen LogP contribution in [0.15, 0.2) is 35.6 Å². The Bertz CT molecular complexity index is 710. The Morgan fingerprint density at radius 2 is 2.07 bits per heavy atom. The van der Waals surface area contributed by atoms with E-state index in [2.05, 4.69) is 0 Å². The molecular formula is C21H29NO5. The number of carbonyl (C=O) groups excluding carboxylic acids is 2. The molecule has 0 saturated carbocycles.